The third-order valence-electron chi connectivity index (χ3n) is 4.23. The van der Waals surface area contributed by atoms with E-state index in [-0.39, 0.29) is 11.0 Å². The molecule has 0 aliphatic carbocycles. The molecular weight excluding hydrogens is 339 g/mol. The lowest BCUT2D eigenvalue weighted by molar-refractivity contribution is 0.180. The molecule has 0 fully saturated rings. The number of unbranched alkanes of at least 4 members (excludes halogenated alkanes) is 5. The Balaban J connectivity index is 0. The second-order valence-electron chi connectivity index (χ2n) is 6.89. The summed E-state index contributed by atoms with van der Waals surface area (Å²) in [5, 5.41) is 15.6. The van der Waals surface area contributed by atoms with Gasteiger partial charge < -0.3 is 11.5 Å². The van der Waals surface area contributed by atoms with Gasteiger partial charge in [-0.15, -0.1) is 15.8 Å². The minimum atomic E-state index is -0.641. The highest BCUT2D eigenvalue weighted by Gasteiger charge is 2.32. The number of nitriles is 2. The lowest BCUT2D eigenvalue weighted by atomic mass is 9.72. The molecule has 0 heterocycles. The highest BCUT2D eigenvalue weighted by molar-refractivity contribution is 9.25. The Morgan fingerprint density at radius 1 is 0.909 bits per heavy atom. The molecule has 0 atom stereocenters. The van der Waals surface area contributed by atoms with Crippen LogP contribution >= 0.6 is 15.8 Å². The molecular formula is C16H32BBrN4. The number of nitrogens with zero attached hydrogens (tertiary/aromatic N) is 2. The first kappa shape index (κ1) is 23.7. The van der Waals surface area contributed by atoms with E-state index < -0.39 is 5.54 Å². The number of halogens is 1. The Morgan fingerprint density at radius 2 is 1.32 bits per heavy atom. The first-order valence-electron chi connectivity index (χ1n) is 8.04. The van der Waals surface area contributed by atoms with Crippen LogP contribution in [0.4, 0.5) is 0 Å². The van der Waals surface area contributed by atoms with Crippen LogP contribution in [0.2, 0.25) is 0 Å². The second-order valence-corrected chi connectivity index (χ2v) is 7.80. The van der Waals surface area contributed by atoms with Crippen molar-refractivity contribution < 1.29 is 0 Å². The van der Waals surface area contributed by atoms with Gasteiger partial charge in [-0.2, -0.15) is 0 Å². The molecule has 4 N–H and O–H groups in total. The van der Waals surface area contributed by atoms with Gasteiger partial charge in [0.1, 0.15) is 0 Å². The predicted octanol–water partition coefficient (Wildman–Crippen LogP) is 3.94. The van der Waals surface area contributed by atoms with Crippen molar-refractivity contribution in [2.45, 2.75) is 78.2 Å². The summed E-state index contributed by atoms with van der Waals surface area (Å²) >= 11 is 2.75. The van der Waals surface area contributed by atoms with Crippen molar-refractivity contribution in [2.24, 2.45) is 16.9 Å². The maximum Gasteiger partial charge on any atom is 0.456 e. The molecule has 22 heavy (non-hydrogen) atoms. The quantitative estimate of drug-likeness (QED) is 0.474. The van der Waals surface area contributed by atoms with Crippen LogP contribution in [0, 0.1) is 27.9 Å². The third kappa shape index (κ3) is 13.1. The molecule has 0 aromatic heterocycles. The van der Waals surface area contributed by atoms with Crippen LogP contribution in [-0.4, -0.2) is 17.6 Å². The van der Waals surface area contributed by atoms with E-state index in [4.69, 9.17) is 22.0 Å². The standard InChI is InChI=1S/C14H32N2.C2BBrN2/c1-13(2,14(3,4)16)11-9-7-5-6-8-10-12-15;4-3(1-5)2-6/h5-12,15-16H2,1-4H3;. The lowest BCUT2D eigenvalue weighted by Crippen LogP contribution is -2.47. The molecule has 0 saturated heterocycles. The van der Waals surface area contributed by atoms with Crippen LogP contribution < -0.4 is 11.5 Å². The van der Waals surface area contributed by atoms with E-state index in [0.717, 1.165) is 6.54 Å². The van der Waals surface area contributed by atoms with Gasteiger partial charge in [0.2, 0.25) is 0 Å². The van der Waals surface area contributed by atoms with Crippen LogP contribution in [0.1, 0.15) is 72.6 Å². The zero-order chi connectivity index (χ0) is 17.6. The second kappa shape index (κ2) is 12.9. The van der Waals surface area contributed by atoms with Crippen LogP contribution in [0.25, 0.3) is 0 Å². The molecule has 0 aliphatic rings. The van der Waals surface area contributed by atoms with Gasteiger partial charge in [-0.1, -0.05) is 46.0 Å². The lowest BCUT2D eigenvalue weighted by Gasteiger charge is -2.38. The molecule has 0 saturated carbocycles. The van der Waals surface area contributed by atoms with Crippen molar-refractivity contribution in [1.29, 1.82) is 10.5 Å². The van der Waals surface area contributed by atoms with E-state index >= 15 is 0 Å². The topological polar surface area (TPSA) is 99.6 Å². The van der Waals surface area contributed by atoms with Gasteiger partial charge >= 0.3 is 5.54 Å². The highest BCUT2D eigenvalue weighted by Crippen LogP contribution is 2.33. The fourth-order valence-corrected chi connectivity index (χ4v) is 1.77. The molecule has 0 rings (SSSR count). The SMILES string of the molecule is CC(C)(N)C(C)(C)CCCCCCCCN.N#CB(Br)C#N. The van der Waals surface area contributed by atoms with Crippen LogP contribution in [0.5, 0.6) is 0 Å². The Kier molecular flexibility index (Phi) is 13.9. The van der Waals surface area contributed by atoms with Crippen molar-refractivity contribution in [3.8, 4) is 11.9 Å². The van der Waals surface area contributed by atoms with Gasteiger partial charge in [-0.05, 0) is 38.6 Å². The number of rotatable bonds is 9. The summed E-state index contributed by atoms with van der Waals surface area (Å²) in [5.41, 5.74) is 11.2. The Morgan fingerprint density at radius 3 is 1.64 bits per heavy atom. The van der Waals surface area contributed by atoms with Crippen molar-refractivity contribution >= 4 is 21.3 Å². The van der Waals surface area contributed by atoms with Crippen molar-refractivity contribution in [1.82, 2.24) is 0 Å². The van der Waals surface area contributed by atoms with E-state index in [2.05, 4.69) is 43.5 Å². The van der Waals surface area contributed by atoms with Crippen molar-refractivity contribution in [2.75, 3.05) is 6.54 Å². The molecule has 4 nitrogen and oxygen atoms in total. The zero-order valence-electron chi connectivity index (χ0n) is 14.7. The fraction of sp³-hybridized carbons (Fsp3) is 0.875. The first-order chi connectivity index (χ1) is 10.1. The maximum atomic E-state index is 7.82. The third-order valence-corrected chi connectivity index (χ3v) is 4.64. The van der Waals surface area contributed by atoms with Gasteiger partial charge in [0, 0.05) is 17.5 Å². The summed E-state index contributed by atoms with van der Waals surface area (Å²) < 4.78 is 0. The summed E-state index contributed by atoms with van der Waals surface area (Å²) in [5.74, 6) is 3.34. The van der Waals surface area contributed by atoms with E-state index in [0.29, 0.717) is 0 Å². The van der Waals surface area contributed by atoms with E-state index in [1.54, 1.807) is 11.9 Å². The smallest absolute Gasteiger partial charge is 0.330 e. The molecule has 0 unspecified atom stereocenters. The number of hydrogen-bond donors (Lipinski definition) is 2. The van der Waals surface area contributed by atoms with Crippen LogP contribution in [-0.2, 0) is 0 Å². The van der Waals surface area contributed by atoms with Gasteiger partial charge in [0.15, 0.2) is 0 Å². The Bertz CT molecular complexity index is 339. The minimum absolute atomic E-state index is 0.0768. The fourth-order valence-electron chi connectivity index (χ4n) is 1.77. The molecule has 0 aromatic rings. The summed E-state index contributed by atoms with van der Waals surface area (Å²) in [6.07, 6.45) is 9.03. The molecule has 0 aliphatic heterocycles. The largest absolute Gasteiger partial charge is 0.456 e. The molecule has 0 radical (unpaired) electrons. The Labute approximate surface area is 145 Å². The zero-order valence-corrected chi connectivity index (χ0v) is 16.2. The first-order valence-corrected chi connectivity index (χ1v) is 8.96. The summed E-state index contributed by atoms with van der Waals surface area (Å²) in [6, 6.07) is 0. The molecule has 0 spiro atoms. The summed E-state index contributed by atoms with van der Waals surface area (Å²) in [6.45, 7) is 9.67. The monoisotopic (exact) mass is 370 g/mol. The van der Waals surface area contributed by atoms with Gasteiger partial charge in [0.05, 0.1) is 0 Å². The van der Waals surface area contributed by atoms with E-state index in [9.17, 15) is 0 Å². The molecule has 0 amide bonds. The highest BCUT2D eigenvalue weighted by atomic mass is 79.9. The number of hydrogen-bond acceptors (Lipinski definition) is 4. The predicted molar refractivity (Wildman–Crippen MR) is 99.3 cm³/mol. The van der Waals surface area contributed by atoms with Gasteiger partial charge in [-0.25, -0.2) is 10.5 Å². The van der Waals surface area contributed by atoms with Gasteiger partial charge in [0.25, 0.3) is 0 Å². The molecule has 126 valence electrons. The maximum absolute atomic E-state index is 7.82. The average Bonchev–Trinajstić information content (AvgIpc) is 2.44. The summed E-state index contributed by atoms with van der Waals surface area (Å²) in [4.78, 5) is 0. The van der Waals surface area contributed by atoms with Crippen LogP contribution in [0.3, 0.4) is 0 Å². The average molecular weight is 371 g/mol. The number of nitrogens with two attached hydrogens (primary N) is 2. The molecule has 0 bridgehead atoms. The normalized spacial score (nSPS) is 11.0. The van der Waals surface area contributed by atoms with E-state index in [1.165, 1.54) is 44.9 Å². The van der Waals surface area contributed by atoms with E-state index in [1.807, 2.05) is 0 Å². The minimum Gasteiger partial charge on any atom is -0.330 e. The molecule has 0 aromatic carbocycles. The van der Waals surface area contributed by atoms with Crippen molar-refractivity contribution in [3.63, 3.8) is 0 Å². The summed E-state index contributed by atoms with van der Waals surface area (Å²) in [7, 11) is 0. The molecule has 6 heteroatoms. The van der Waals surface area contributed by atoms with Crippen LogP contribution in [0.15, 0.2) is 0 Å². The Hall–Kier alpha value is -0.555. The van der Waals surface area contributed by atoms with Gasteiger partial charge in [-0.3, -0.25) is 0 Å². The van der Waals surface area contributed by atoms with Crippen molar-refractivity contribution in [3.05, 3.63) is 0 Å².